The maximum atomic E-state index is 14.4. The number of hydrogen-bond donors (Lipinski definition) is 4. The lowest BCUT2D eigenvalue weighted by Gasteiger charge is -2.31. The van der Waals surface area contributed by atoms with Crippen molar-refractivity contribution in [2.75, 3.05) is 26.8 Å². The number of rotatable bonds is 17. The number of amides is 4. The molecule has 3 rings (SSSR count). The van der Waals surface area contributed by atoms with Crippen LogP contribution in [0.2, 0.25) is 0 Å². The molecule has 1 saturated heterocycles. The van der Waals surface area contributed by atoms with Crippen molar-refractivity contribution in [3.8, 4) is 5.75 Å². The van der Waals surface area contributed by atoms with Gasteiger partial charge in [0.25, 0.3) is 0 Å². The van der Waals surface area contributed by atoms with E-state index in [2.05, 4.69) is 16.0 Å². The van der Waals surface area contributed by atoms with Gasteiger partial charge in [0.15, 0.2) is 0 Å². The third-order valence-electron chi connectivity index (χ3n) is 8.06. The first kappa shape index (κ1) is 41.9. The quantitative estimate of drug-likeness (QED) is 0.169. The van der Waals surface area contributed by atoms with Crippen molar-refractivity contribution in [1.29, 1.82) is 0 Å². The van der Waals surface area contributed by atoms with Crippen molar-refractivity contribution in [2.24, 2.45) is 11.8 Å². The molecule has 0 unspecified atom stereocenters. The largest absolute Gasteiger partial charge is 0.497 e. The molecular formula is C35H44F4N4O8S. The van der Waals surface area contributed by atoms with E-state index in [1.165, 1.54) is 23.8 Å². The van der Waals surface area contributed by atoms with Crippen molar-refractivity contribution < 1.29 is 56.1 Å². The highest BCUT2D eigenvalue weighted by atomic mass is 32.2. The Morgan fingerprint density at radius 1 is 1.02 bits per heavy atom. The van der Waals surface area contributed by atoms with Gasteiger partial charge in [-0.25, -0.2) is 27.2 Å². The zero-order valence-corrected chi connectivity index (χ0v) is 30.2. The van der Waals surface area contributed by atoms with Crippen molar-refractivity contribution in [3.05, 3.63) is 59.2 Å². The van der Waals surface area contributed by atoms with E-state index in [0.717, 1.165) is 4.90 Å². The highest BCUT2D eigenvalue weighted by Crippen LogP contribution is 2.35. The minimum absolute atomic E-state index is 0.0334. The fourth-order valence-corrected chi connectivity index (χ4v) is 6.66. The fraction of sp³-hybridized carbons (Fsp3) is 0.514. The zero-order chi connectivity index (χ0) is 38.7. The summed E-state index contributed by atoms with van der Waals surface area (Å²) in [5.74, 6) is -6.28. The number of halogens is 4. The first-order valence-electron chi connectivity index (χ1n) is 16.6. The molecule has 2 aromatic rings. The molecule has 4 N–H and O–H groups in total. The van der Waals surface area contributed by atoms with Crippen LogP contribution < -0.4 is 20.7 Å². The van der Waals surface area contributed by atoms with Crippen molar-refractivity contribution in [2.45, 2.75) is 81.7 Å². The highest BCUT2D eigenvalue weighted by Gasteiger charge is 2.44. The standard InChI is InChI=1S/C35H44F4N4O8S/c1-18(2)17-51-35(49)42-30(19(3)4)33(46)43-16-23(52-22-8-6-7-21(13-22)50-5)14-28(43)32(45)41-27(15-29(38)39)31(44)40-10-9-24-25(36)11-20(34(47)48)12-26(24)37/h6-8,11-13,18-19,23,27-30H,9-10,14-17H2,1-5H3,(H,40,44)(H,41,45)(H,42,49)(H,47,48)/t23-,27+,28+,30+/m1/s1. The van der Waals surface area contributed by atoms with Gasteiger partial charge >= 0.3 is 12.1 Å². The molecule has 12 nitrogen and oxygen atoms in total. The molecular weight excluding hydrogens is 712 g/mol. The van der Waals surface area contributed by atoms with Crippen LogP contribution in [0.5, 0.6) is 5.75 Å². The average Bonchev–Trinajstić information content (AvgIpc) is 3.50. The minimum atomic E-state index is -3.04. The second-order valence-electron chi connectivity index (χ2n) is 13.0. The van der Waals surface area contributed by atoms with Gasteiger partial charge in [0.1, 0.15) is 35.5 Å². The van der Waals surface area contributed by atoms with Gasteiger partial charge in [-0.1, -0.05) is 33.8 Å². The van der Waals surface area contributed by atoms with E-state index in [9.17, 15) is 41.5 Å². The summed E-state index contributed by atoms with van der Waals surface area (Å²) in [6.45, 7) is 6.78. The van der Waals surface area contributed by atoms with Gasteiger partial charge in [-0.2, -0.15) is 0 Å². The molecule has 4 amide bonds. The second kappa shape index (κ2) is 19.3. The lowest BCUT2D eigenvalue weighted by atomic mass is 10.0. The summed E-state index contributed by atoms with van der Waals surface area (Å²) in [5.41, 5.74) is -1.14. The number of carboxylic acid groups (broad SMARTS) is 1. The number of hydrogen-bond acceptors (Lipinski definition) is 8. The first-order valence-corrected chi connectivity index (χ1v) is 17.5. The summed E-state index contributed by atoms with van der Waals surface area (Å²) < 4.78 is 66.6. The van der Waals surface area contributed by atoms with Crippen LogP contribution in [0.15, 0.2) is 41.3 Å². The number of thioether (sulfide) groups is 1. The van der Waals surface area contributed by atoms with Gasteiger partial charge in [-0.3, -0.25) is 14.4 Å². The lowest BCUT2D eigenvalue weighted by molar-refractivity contribution is -0.141. The van der Waals surface area contributed by atoms with Gasteiger partial charge in [-0.05, 0) is 55.0 Å². The molecule has 0 saturated carbocycles. The van der Waals surface area contributed by atoms with Crippen molar-refractivity contribution in [3.63, 3.8) is 0 Å². The number of ether oxygens (including phenoxy) is 2. The van der Waals surface area contributed by atoms with E-state index in [4.69, 9.17) is 14.6 Å². The maximum Gasteiger partial charge on any atom is 0.407 e. The Kier molecular flexibility index (Phi) is 15.6. The fourth-order valence-electron chi connectivity index (χ4n) is 5.42. The van der Waals surface area contributed by atoms with E-state index in [0.29, 0.717) is 17.9 Å². The van der Waals surface area contributed by atoms with Crippen LogP contribution in [0, 0.1) is 23.5 Å². The van der Waals surface area contributed by atoms with Crippen LogP contribution in [0.1, 0.15) is 56.5 Å². The highest BCUT2D eigenvalue weighted by molar-refractivity contribution is 8.00. The number of carbonyl (C=O) groups is 5. The monoisotopic (exact) mass is 756 g/mol. The molecule has 0 radical (unpaired) electrons. The predicted octanol–water partition coefficient (Wildman–Crippen LogP) is 4.64. The number of likely N-dealkylation sites (tertiary alicyclic amines) is 1. The van der Waals surface area contributed by atoms with Crippen LogP contribution in [0.4, 0.5) is 22.4 Å². The maximum absolute atomic E-state index is 14.4. The van der Waals surface area contributed by atoms with Gasteiger partial charge in [0.2, 0.25) is 24.1 Å². The Bertz CT molecular complexity index is 1570. The lowest BCUT2D eigenvalue weighted by Crippen LogP contribution is -2.57. The summed E-state index contributed by atoms with van der Waals surface area (Å²) in [5, 5.41) is 15.8. The van der Waals surface area contributed by atoms with Gasteiger partial charge < -0.3 is 35.4 Å². The molecule has 1 aliphatic heterocycles. The van der Waals surface area contributed by atoms with E-state index in [-0.39, 0.29) is 30.7 Å². The van der Waals surface area contributed by atoms with Crippen LogP contribution in [-0.2, 0) is 25.5 Å². The number of methoxy groups -OCH3 is 1. The molecule has 1 heterocycles. The Balaban J connectivity index is 1.81. The SMILES string of the molecule is COc1cccc(S[C@@H]2C[C@@H](C(=O)N[C@@H](CC(F)F)C(=O)NCCc3c(F)cc(C(=O)O)cc3F)N(C(=O)[C@@H](NC(=O)OCC(C)C)C(C)C)C2)c1. The molecule has 1 aliphatic rings. The molecule has 0 aromatic heterocycles. The van der Waals surface area contributed by atoms with Crippen LogP contribution >= 0.6 is 11.8 Å². The smallest absolute Gasteiger partial charge is 0.407 e. The summed E-state index contributed by atoms with van der Waals surface area (Å²) >= 11 is 1.36. The Labute approximate surface area is 303 Å². The molecule has 0 spiro atoms. The molecule has 0 bridgehead atoms. The van der Waals surface area contributed by atoms with E-state index >= 15 is 0 Å². The van der Waals surface area contributed by atoms with E-state index in [1.54, 1.807) is 32.0 Å². The van der Waals surface area contributed by atoms with Crippen molar-refractivity contribution in [1.82, 2.24) is 20.9 Å². The summed E-state index contributed by atoms with van der Waals surface area (Å²) in [6, 6.07) is 4.21. The number of alkyl halides is 2. The Hall–Kier alpha value is -4.54. The number of benzene rings is 2. The second-order valence-corrected chi connectivity index (χ2v) is 14.3. The predicted molar refractivity (Wildman–Crippen MR) is 183 cm³/mol. The van der Waals surface area contributed by atoms with E-state index in [1.807, 2.05) is 19.9 Å². The Morgan fingerprint density at radius 2 is 1.69 bits per heavy atom. The molecule has 52 heavy (non-hydrogen) atoms. The topological polar surface area (TPSA) is 163 Å². The average molecular weight is 757 g/mol. The molecule has 0 aliphatic carbocycles. The molecule has 286 valence electrons. The number of nitrogens with one attached hydrogen (secondary N) is 3. The van der Waals surface area contributed by atoms with Crippen LogP contribution in [0.25, 0.3) is 0 Å². The summed E-state index contributed by atoms with van der Waals surface area (Å²) in [7, 11) is 1.51. The molecule has 4 atom stereocenters. The summed E-state index contributed by atoms with van der Waals surface area (Å²) in [6.07, 6.45) is -5.35. The number of alkyl carbamates (subject to hydrolysis) is 1. The first-order chi connectivity index (χ1) is 24.5. The minimum Gasteiger partial charge on any atom is -0.497 e. The molecule has 17 heteroatoms. The normalized spacial score (nSPS) is 16.8. The summed E-state index contributed by atoms with van der Waals surface area (Å²) in [4.78, 5) is 66.5. The van der Waals surface area contributed by atoms with Crippen molar-refractivity contribution >= 4 is 41.5 Å². The third-order valence-corrected chi connectivity index (χ3v) is 9.26. The zero-order valence-electron chi connectivity index (χ0n) is 29.4. The van der Waals surface area contributed by atoms with Gasteiger partial charge in [0.05, 0.1) is 19.3 Å². The van der Waals surface area contributed by atoms with Gasteiger partial charge in [-0.15, -0.1) is 11.8 Å². The Morgan fingerprint density at radius 3 is 2.27 bits per heavy atom. The number of carboxylic acids is 1. The van der Waals surface area contributed by atoms with E-state index < -0.39 is 102 Å². The number of carbonyl (C=O) groups excluding carboxylic acids is 4. The number of aromatic carboxylic acids is 1. The molecule has 1 fully saturated rings. The third kappa shape index (κ3) is 12.0. The van der Waals surface area contributed by atoms with Crippen LogP contribution in [0.3, 0.4) is 0 Å². The number of nitrogens with zero attached hydrogens (tertiary/aromatic N) is 1. The molecule has 2 aromatic carbocycles. The van der Waals surface area contributed by atoms with Crippen LogP contribution in [-0.4, -0.2) is 96.4 Å². The van der Waals surface area contributed by atoms with Gasteiger partial charge in [0, 0.05) is 35.2 Å².